The van der Waals surface area contributed by atoms with Crippen molar-refractivity contribution in [1.82, 2.24) is 10.2 Å². The highest BCUT2D eigenvalue weighted by atomic mass is 32.2. The predicted molar refractivity (Wildman–Crippen MR) is 163 cm³/mol. The summed E-state index contributed by atoms with van der Waals surface area (Å²) in [5.74, 6) is -0.473. The van der Waals surface area contributed by atoms with Crippen molar-refractivity contribution in [3.05, 3.63) is 95.6 Å². The van der Waals surface area contributed by atoms with Crippen molar-refractivity contribution in [2.45, 2.75) is 59.2 Å². The highest BCUT2D eigenvalue weighted by molar-refractivity contribution is 7.92. The quantitative estimate of drug-likeness (QED) is 0.335. The van der Waals surface area contributed by atoms with E-state index in [1.165, 1.54) is 4.90 Å². The number of hydrogen-bond acceptors (Lipinski definition) is 5. The molecular weight excluding hydrogens is 538 g/mol. The SMILES string of the molecule is CCOc1ccccc1N(CC(=O)N(Cc1ccc(C)cc1)C(Cc1ccccc1)C(=O)NC(C)(C)C)S(C)(=O)=O. The standard InChI is InChI=1S/C32H41N3O5S/c1-7-40-29-16-12-11-15-27(29)35(41(6,38)39)23-30(36)34(22-26-19-17-24(2)18-20-26)28(31(37)33-32(3,4)5)21-25-13-9-8-10-14-25/h8-20,28H,7,21-23H2,1-6H3,(H,33,37). The van der Waals surface area contributed by atoms with Gasteiger partial charge in [-0.1, -0.05) is 72.3 Å². The maximum absolute atomic E-state index is 14.2. The Balaban J connectivity index is 2.09. The molecule has 0 fully saturated rings. The summed E-state index contributed by atoms with van der Waals surface area (Å²) >= 11 is 0. The van der Waals surface area contributed by atoms with Gasteiger partial charge in [0, 0.05) is 18.5 Å². The van der Waals surface area contributed by atoms with Crippen LogP contribution in [-0.2, 0) is 32.6 Å². The van der Waals surface area contributed by atoms with E-state index >= 15 is 0 Å². The number of benzene rings is 3. The number of hydrogen-bond donors (Lipinski definition) is 1. The maximum atomic E-state index is 14.2. The van der Waals surface area contributed by atoms with Crippen LogP contribution in [0.15, 0.2) is 78.9 Å². The minimum atomic E-state index is -3.89. The first-order valence-electron chi connectivity index (χ1n) is 13.7. The van der Waals surface area contributed by atoms with Crippen LogP contribution >= 0.6 is 0 Å². The average Bonchev–Trinajstić information content (AvgIpc) is 2.90. The number of carbonyl (C=O) groups excluding carboxylic acids is 2. The Morgan fingerprint density at radius 1 is 0.902 bits per heavy atom. The topological polar surface area (TPSA) is 96.0 Å². The summed E-state index contributed by atoms with van der Waals surface area (Å²) < 4.78 is 32.8. The molecule has 0 aliphatic rings. The van der Waals surface area contributed by atoms with Crippen LogP contribution in [0.1, 0.15) is 44.4 Å². The first kappa shape index (κ1) is 31.7. The van der Waals surface area contributed by atoms with Crippen molar-refractivity contribution in [2.75, 3.05) is 23.7 Å². The Labute approximate surface area is 244 Å². The molecule has 1 atom stereocenters. The number of sulfonamides is 1. The molecule has 8 nitrogen and oxygen atoms in total. The Kier molecular flexibility index (Phi) is 10.6. The van der Waals surface area contributed by atoms with Crippen molar-refractivity contribution in [1.29, 1.82) is 0 Å². The van der Waals surface area contributed by atoms with Crippen LogP contribution in [0.2, 0.25) is 0 Å². The molecule has 0 aliphatic carbocycles. The normalized spacial score (nSPS) is 12.3. The van der Waals surface area contributed by atoms with E-state index in [0.717, 1.165) is 27.3 Å². The van der Waals surface area contributed by atoms with Gasteiger partial charge >= 0.3 is 0 Å². The molecule has 0 aliphatic heterocycles. The first-order valence-corrected chi connectivity index (χ1v) is 15.5. The number of nitrogens with one attached hydrogen (secondary N) is 1. The van der Waals surface area contributed by atoms with Gasteiger partial charge in [-0.05, 0) is 57.9 Å². The van der Waals surface area contributed by atoms with E-state index in [9.17, 15) is 18.0 Å². The summed E-state index contributed by atoms with van der Waals surface area (Å²) in [6.45, 7) is 9.38. The van der Waals surface area contributed by atoms with Gasteiger partial charge in [0.15, 0.2) is 0 Å². The molecule has 0 saturated heterocycles. The van der Waals surface area contributed by atoms with E-state index in [4.69, 9.17) is 4.74 Å². The molecule has 1 unspecified atom stereocenters. The van der Waals surface area contributed by atoms with Crippen LogP contribution < -0.4 is 14.4 Å². The van der Waals surface area contributed by atoms with Crippen LogP contribution in [0, 0.1) is 6.92 Å². The van der Waals surface area contributed by atoms with Crippen molar-refractivity contribution < 1.29 is 22.7 Å². The number of nitrogens with zero attached hydrogens (tertiary/aromatic N) is 2. The monoisotopic (exact) mass is 579 g/mol. The van der Waals surface area contributed by atoms with Gasteiger partial charge in [-0.25, -0.2) is 8.42 Å². The third kappa shape index (κ3) is 9.35. The van der Waals surface area contributed by atoms with Gasteiger partial charge in [-0.3, -0.25) is 13.9 Å². The van der Waals surface area contributed by atoms with E-state index in [-0.39, 0.29) is 24.6 Å². The zero-order chi connectivity index (χ0) is 30.2. The molecule has 0 radical (unpaired) electrons. The number of aryl methyl sites for hydroxylation is 1. The average molecular weight is 580 g/mol. The fourth-order valence-corrected chi connectivity index (χ4v) is 5.29. The van der Waals surface area contributed by atoms with Crippen molar-refractivity contribution in [2.24, 2.45) is 0 Å². The molecule has 0 heterocycles. The third-order valence-corrected chi connectivity index (χ3v) is 7.48. The number of rotatable bonds is 12. The lowest BCUT2D eigenvalue weighted by Crippen LogP contribution is -2.56. The van der Waals surface area contributed by atoms with Crippen molar-refractivity contribution in [3.8, 4) is 5.75 Å². The van der Waals surface area contributed by atoms with E-state index in [2.05, 4.69) is 5.32 Å². The molecule has 0 aromatic heterocycles. The molecular formula is C32H41N3O5S. The van der Waals surface area contributed by atoms with E-state index < -0.39 is 34.1 Å². The zero-order valence-electron chi connectivity index (χ0n) is 24.8. The number of ether oxygens (including phenoxy) is 1. The molecule has 0 saturated carbocycles. The van der Waals surface area contributed by atoms with Gasteiger partial charge in [0.2, 0.25) is 21.8 Å². The van der Waals surface area contributed by atoms with E-state index in [0.29, 0.717) is 12.4 Å². The lowest BCUT2D eigenvalue weighted by atomic mass is 10.0. The smallest absolute Gasteiger partial charge is 0.244 e. The molecule has 2 amide bonds. The lowest BCUT2D eigenvalue weighted by Gasteiger charge is -2.35. The Morgan fingerprint density at radius 3 is 2.10 bits per heavy atom. The van der Waals surface area contributed by atoms with Crippen LogP contribution in [0.3, 0.4) is 0 Å². The summed E-state index contributed by atoms with van der Waals surface area (Å²) in [5, 5.41) is 3.03. The molecule has 220 valence electrons. The van der Waals surface area contributed by atoms with Crippen molar-refractivity contribution >= 4 is 27.5 Å². The summed E-state index contributed by atoms with van der Waals surface area (Å²) in [4.78, 5) is 29.5. The van der Waals surface area contributed by atoms with Crippen LogP contribution in [0.4, 0.5) is 5.69 Å². The van der Waals surface area contributed by atoms with Crippen molar-refractivity contribution in [3.63, 3.8) is 0 Å². The van der Waals surface area contributed by atoms with Gasteiger partial charge in [0.05, 0.1) is 18.6 Å². The molecule has 0 bridgehead atoms. The van der Waals surface area contributed by atoms with Crippen LogP contribution in [0.25, 0.3) is 0 Å². The van der Waals surface area contributed by atoms with E-state index in [1.807, 2.05) is 82.3 Å². The minimum absolute atomic E-state index is 0.124. The molecule has 3 aromatic rings. The molecule has 41 heavy (non-hydrogen) atoms. The predicted octanol–water partition coefficient (Wildman–Crippen LogP) is 4.71. The molecule has 1 N–H and O–H groups in total. The summed E-state index contributed by atoms with van der Waals surface area (Å²) in [5.41, 5.74) is 2.49. The summed E-state index contributed by atoms with van der Waals surface area (Å²) in [6, 6.07) is 23.0. The molecule has 0 spiro atoms. The zero-order valence-corrected chi connectivity index (χ0v) is 25.6. The number of anilines is 1. The first-order chi connectivity index (χ1) is 19.3. The summed E-state index contributed by atoms with van der Waals surface area (Å²) in [7, 11) is -3.89. The second kappa shape index (κ2) is 13.7. The van der Waals surface area contributed by atoms with Gasteiger partial charge in [-0.2, -0.15) is 0 Å². The molecule has 3 rings (SSSR count). The lowest BCUT2D eigenvalue weighted by molar-refractivity contribution is -0.140. The van der Waals surface area contributed by atoms with Gasteiger partial charge in [0.25, 0.3) is 0 Å². The second-order valence-electron chi connectivity index (χ2n) is 11.1. The highest BCUT2D eigenvalue weighted by Crippen LogP contribution is 2.30. The molecule has 9 heteroatoms. The number of carbonyl (C=O) groups is 2. The van der Waals surface area contributed by atoms with E-state index in [1.54, 1.807) is 31.2 Å². The Bertz CT molecular complexity index is 1420. The van der Waals surface area contributed by atoms with Gasteiger partial charge in [0.1, 0.15) is 18.3 Å². The number of amides is 2. The van der Waals surface area contributed by atoms with Gasteiger partial charge in [-0.15, -0.1) is 0 Å². The van der Waals surface area contributed by atoms with Crippen LogP contribution in [0.5, 0.6) is 5.75 Å². The highest BCUT2D eigenvalue weighted by Gasteiger charge is 2.34. The fraction of sp³-hybridized carbons (Fsp3) is 0.375. The Hall–Kier alpha value is -3.85. The van der Waals surface area contributed by atoms with Gasteiger partial charge < -0.3 is 15.0 Å². The van der Waals surface area contributed by atoms with Crippen LogP contribution in [-0.4, -0.2) is 56.1 Å². The fourth-order valence-electron chi connectivity index (χ4n) is 4.43. The minimum Gasteiger partial charge on any atom is -0.492 e. The largest absolute Gasteiger partial charge is 0.492 e. The summed E-state index contributed by atoms with van der Waals surface area (Å²) in [6.07, 6.45) is 1.32. The molecule has 3 aromatic carbocycles. The number of para-hydroxylation sites is 2. The third-order valence-electron chi connectivity index (χ3n) is 6.36. The Morgan fingerprint density at radius 2 is 1.51 bits per heavy atom. The second-order valence-corrected chi connectivity index (χ2v) is 13.0. The maximum Gasteiger partial charge on any atom is 0.244 e.